The van der Waals surface area contributed by atoms with Crippen molar-refractivity contribution in [1.29, 1.82) is 0 Å². The van der Waals surface area contributed by atoms with Gasteiger partial charge in [0.05, 0.1) is 6.21 Å². The van der Waals surface area contributed by atoms with Crippen LogP contribution in [0.5, 0.6) is 0 Å². The van der Waals surface area contributed by atoms with Gasteiger partial charge in [-0.3, -0.25) is 0 Å². The molecule has 0 bridgehead atoms. The average Bonchev–Trinajstić information content (AvgIpc) is 2.18. The predicted octanol–water partition coefficient (Wildman–Crippen LogP) is 0.939. The van der Waals surface area contributed by atoms with Crippen LogP contribution in [-0.2, 0) is 6.42 Å². The Bertz CT molecular complexity index is 364. The minimum Gasteiger partial charge on any atom is -0.411 e. The molecule has 1 aromatic heterocycles. The molecule has 1 aliphatic carbocycles. The van der Waals surface area contributed by atoms with Crippen LogP contribution in [0.1, 0.15) is 30.0 Å². The van der Waals surface area contributed by atoms with Crippen molar-refractivity contribution in [2.45, 2.75) is 25.2 Å². The fourth-order valence-electron chi connectivity index (χ4n) is 1.83. The van der Waals surface area contributed by atoms with Crippen molar-refractivity contribution in [2.75, 3.05) is 5.73 Å². The van der Waals surface area contributed by atoms with Gasteiger partial charge in [-0.1, -0.05) is 0 Å². The molecule has 0 saturated carbocycles. The molecule has 2 rings (SSSR count). The van der Waals surface area contributed by atoms with Crippen LogP contribution in [0.25, 0.3) is 0 Å². The minimum atomic E-state index is 0.129. The van der Waals surface area contributed by atoms with Gasteiger partial charge in [-0.15, -0.1) is 5.16 Å². The standard InChI is InChI=1S/C9H12N4O/c10-9-11-5-7-6(4-12-14)2-1-3-8(7)13-9/h4-6,14H,1-3H2,(H2,10,11,13). The van der Waals surface area contributed by atoms with E-state index in [1.54, 1.807) is 6.20 Å². The number of fused-ring (bicyclic) bond motifs is 1. The fraction of sp³-hybridized carbons (Fsp3) is 0.444. The summed E-state index contributed by atoms with van der Waals surface area (Å²) in [7, 11) is 0. The number of anilines is 1. The first-order chi connectivity index (χ1) is 6.81. The average molecular weight is 192 g/mol. The second-order valence-electron chi connectivity index (χ2n) is 3.39. The summed E-state index contributed by atoms with van der Waals surface area (Å²) in [5.74, 6) is 0.440. The van der Waals surface area contributed by atoms with Crippen molar-refractivity contribution < 1.29 is 5.21 Å². The van der Waals surface area contributed by atoms with E-state index in [4.69, 9.17) is 10.9 Å². The lowest BCUT2D eigenvalue weighted by Gasteiger charge is -2.20. The zero-order valence-corrected chi connectivity index (χ0v) is 7.72. The molecule has 1 atom stereocenters. The Kier molecular flexibility index (Phi) is 2.30. The largest absolute Gasteiger partial charge is 0.411 e. The Balaban J connectivity index is 2.39. The lowest BCUT2D eigenvalue weighted by molar-refractivity contribution is 0.319. The summed E-state index contributed by atoms with van der Waals surface area (Å²) in [6, 6.07) is 0. The van der Waals surface area contributed by atoms with Crippen molar-refractivity contribution in [3.63, 3.8) is 0 Å². The summed E-state index contributed by atoms with van der Waals surface area (Å²) in [5.41, 5.74) is 7.51. The molecule has 0 spiro atoms. The maximum Gasteiger partial charge on any atom is 0.220 e. The topological polar surface area (TPSA) is 84.4 Å². The first-order valence-corrected chi connectivity index (χ1v) is 4.60. The van der Waals surface area contributed by atoms with Crippen LogP contribution in [0.4, 0.5) is 5.95 Å². The van der Waals surface area contributed by atoms with E-state index in [-0.39, 0.29) is 5.92 Å². The first-order valence-electron chi connectivity index (χ1n) is 4.60. The van der Waals surface area contributed by atoms with E-state index in [1.165, 1.54) is 6.21 Å². The molecule has 5 heteroatoms. The normalized spacial score (nSPS) is 21.0. The summed E-state index contributed by atoms with van der Waals surface area (Å²) in [4.78, 5) is 8.12. The molecule has 0 aliphatic heterocycles. The Morgan fingerprint density at radius 2 is 2.50 bits per heavy atom. The summed E-state index contributed by atoms with van der Waals surface area (Å²) >= 11 is 0. The highest BCUT2D eigenvalue weighted by atomic mass is 16.4. The van der Waals surface area contributed by atoms with Crippen LogP contribution < -0.4 is 5.73 Å². The summed E-state index contributed by atoms with van der Waals surface area (Å²) in [6.07, 6.45) is 6.20. The highest BCUT2D eigenvalue weighted by Crippen LogP contribution is 2.28. The number of rotatable bonds is 1. The zero-order chi connectivity index (χ0) is 9.97. The molecular weight excluding hydrogens is 180 g/mol. The number of hydrogen-bond acceptors (Lipinski definition) is 5. The molecule has 0 radical (unpaired) electrons. The number of aromatic nitrogens is 2. The Morgan fingerprint density at radius 3 is 3.29 bits per heavy atom. The summed E-state index contributed by atoms with van der Waals surface area (Å²) in [5, 5.41) is 11.6. The first kappa shape index (κ1) is 8.93. The molecule has 0 aromatic carbocycles. The molecule has 1 unspecified atom stereocenters. The second-order valence-corrected chi connectivity index (χ2v) is 3.39. The predicted molar refractivity (Wildman–Crippen MR) is 52.4 cm³/mol. The molecule has 1 aliphatic rings. The zero-order valence-electron chi connectivity index (χ0n) is 7.72. The van der Waals surface area contributed by atoms with Crippen molar-refractivity contribution >= 4 is 12.2 Å². The van der Waals surface area contributed by atoms with E-state index in [0.717, 1.165) is 30.5 Å². The van der Waals surface area contributed by atoms with E-state index in [2.05, 4.69) is 15.1 Å². The van der Waals surface area contributed by atoms with Crippen LogP contribution in [0.15, 0.2) is 11.4 Å². The number of oxime groups is 1. The second kappa shape index (κ2) is 3.61. The van der Waals surface area contributed by atoms with Crippen LogP contribution in [0.2, 0.25) is 0 Å². The quantitative estimate of drug-likeness (QED) is 0.394. The summed E-state index contributed by atoms with van der Waals surface area (Å²) in [6.45, 7) is 0. The maximum atomic E-state index is 8.50. The van der Waals surface area contributed by atoms with Gasteiger partial charge in [0.1, 0.15) is 0 Å². The van der Waals surface area contributed by atoms with E-state index in [9.17, 15) is 0 Å². The monoisotopic (exact) mass is 192 g/mol. The molecule has 14 heavy (non-hydrogen) atoms. The third-order valence-corrected chi connectivity index (χ3v) is 2.49. The van der Waals surface area contributed by atoms with E-state index in [0.29, 0.717) is 5.95 Å². The lowest BCUT2D eigenvalue weighted by Crippen LogP contribution is -2.14. The van der Waals surface area contributed by atoms with Crippen molar-refractivity contribution in [2.24, 2.45) is 5.16 Å². The van der Waals surface area contributed by atoms with Crippen molar-refractivity contribution in [1.82, 2.24) is 9.97 Å². The van der Waals surface area contributed by atoms with Crippen LogP contribution in [0, 0.1) is 0 Å². The number of aryl methyl sites for hydroxylation is 1. The van der Waals surface area contributed by atoms with E-state index >= 15 is 0 Å². The minimum absolute atomic E-state index is 0.129. The van der Waals surface area contributed by atoms with E-state index in [1.807, 2.05) is 0 Å². The van der Waals surface area contributed by atoms with Crippen LogP contribution in [0.3, 0.4) is 0 Å². The Labute approximate surface area is 81.7 Å². The maximum absolute atomic E-state index is 8.50. The molecule has 1 aromatic rings. The van der Waals surface area contributed by atoms with E-state index < -0.39 is 0 Å². The molecule has 0 saturated heterocycles. The molecule has 0 amide bonds. The third kappa shape index (κ3) is 1.53. The van der Waals surface area contributed by atoms with Crippen LogP contribution in [-0.4, -0.2) is 21.4 Å². The van der Waals surface area contributed by atoms with Gasteiger partial charge >= 0.3 is 0 Å². The number of nitrogens with two attached hydrogens (primary N) is 1. The molecule has 0 fully saturated rings. The molecule has 5 nitrogen and oxygen atoms in total. The van der Waals surface area contributed by atoms with Gasteiger partial charge in [0, 0.05) is 23.4 Å². The molecule has 74 valence electrons. The Hall–Kier alpha value is -1.65. The van der Waals surface area contributed by atoms with Crippen molar-refractivity contribution in [3.8, 4) is 0 Å². The van der Waals surface area contributed by atoms with Gasteiger partial charge in [-0.2, -0.15) is 0 Å². The van der Waals surface area contributed by atoms with Gasteiger partial charge in [0.15, 0.2) is 0 Å². The highest BCUT2D eigenvalue weighted by Gasteiger charge is 2.20. The Morgan fingerprint density at radius 1 is 1.64 bits per heavy atom. The smallest absolute Gasteiger partial charge is 0.220 e. The van der Waals surface area contributed by atoms with Gasteiger partial charge in [0.25, 0.3) is 0 Å². The molecule has 1 heterocycles. The van der Waals surface area contributed by atoms with Gasteiger partial charge in [0.2, 0.25) is 5.95 Å². The fourth-order valence-corrected chi connectivity index (χ4v) is 1.83. The number of hydrogen-bond donors (Lipinski definition) is 2. The number of nitrogens with zero attached hydrogens (tertiary/aromatic N) is 3. The highest BCUT2D eigenvalue weighted by molar-refractivity contribution is 5.68. The van der Waals surface area contributed by atoms with Gasteiger partial charge in [-0.05, 0) is 19.3 Å². The van der Waals surface area contributed by atoms with Crippen molar-refractivity contribution in [3.05, 3.63) is 17.5 Å². The number of nitrogen functional groups attached to an aromatic ring is 1. The van der Waals surface area contributed by atoms with Gasteiger partial charge < -0.3 is 10.9 Å². The third-order valence-electron chi connectivity index (χ3n) is 2.49. The van der Waals surface area contributed by atoms with Gasteiger partial charge in [-0.25, -0.2) is 9.97 Å². The molecule has 3 N–H and O–H groups in total. The van der Waals surface area contributed by atoms with Crippen LogP contribution >= 0.6 is 0 Å². The SMILES string of the molecule is Nc1ncc2c(n1)CCCC2C=NO. The summed E-state index contributed by atoms with van der Waals surface area (Å²) < 4.78 is 0. The molecular formula is C9H12N4O. The lowest BCUT2D eigenvalue weighted by atomic mass is 9.87.